The van der Waals surface area contributed by atoms with E-state index in [0.29, 0.717) is 36.6 Å². The minimum Gasteiger partial charge on any atom is -0.357 e. The van der Waals surface area contributed by atoms with Gasteiger partial charge in [0, 0.05) is 38.8 Å². The zero-order chi connectivity index (χ0) is 17.6. The number of pyridine rings is 1. The van der Waals surface area contributed by atoms with Crippen LogP contribution < -0.4 is 15.5 Å². The summed E-state index contributed by atoms with van der Waals surface area (Å²) < 4.78 is 18.8. The van der Waals surface area contributed by atoms with Crippen molar-refractivity contribution >= 4 is 35.8 Å². The average Bonchev–Trinajstić information content (AvgIpc) is 3.22. The molecule has 142 valence electrons. The van der Waals surface area contributed by atoms with E-state index in [-0.39, 0.29) is 35.8 Å². The van der Waals surface area contributed by atoms with Gasteiger partial charge in [-0.2, -0.15) is 4.98 Å². The Bertz CT molecular complexity index is 739. The number of aliphatic imine (C=N–C) groups is 1. The lowest BCUT2D eigenvalue weighted by atomic mass is 10.3. The number of aryl methyl sites for hydroxylation is 1. The third-order valence-corrected chi connectivity index (χ3v) is 3.86. The zero-order valence-electron chi connectivity index (χ0n) is 14.8. The van der Waals surface area contributed by atoms with Crippen LogP contribution in [0.5, 0.6) is 0 Å². The fourth-order valence-corrected chi connectivity index (χ4v) is 2.75. The van der Waals surface area contributed by atoms with Crippen LogP contribution in [0.1, 0.15) is 25.1 Å². The molecular weight excluding hydrogens is 452 g/mol. The number of nitrogens with zero attached hydrogens (tertiary/aromatic N) is 5. The molecule has 0 spiro atoms. The fourth-order valence-electron chi connectivity index (χ4n) is 2.75. The van der Waals surface area contributed by atoms with Crippen LogP contribution in [-0.4, -0.2) is 46.8 Å². The Morgan fingerprint density at radius 1 is 1.50 bits per heavy atom. The lowest BCUT2D eigenvalue weighted by Gasteiger charge is -2.19. The van der Waals surface area contributed by atoms with E-state index >= 15 is 0 Å². The summed E-state index contributed by atoms with van der Waals surface area (Å²) in [7, 11) is 0. The second kappa shape index (κ2) is 9.64. The summed E-state index contributed by atoms with van der Waals surface area (Å²) in [5, 5.41) is 10.4. The normalized spacial score (nSPS) is 17.1. The number of hydrogen-bond acceptors (Lipinski definition) is 6. The van der Waals surface area contributed by atoms with Crippen molar-refractivity contribution in [2.45, 2.75) is 32.9 Å². The van der Waals surface area contributed by atoms with Crippen molar-refractivity contribution in [3.63, 3.8) is 0 Å². The molecule has 3 heterocycles. The molecular formula is C16H23FIN7O. The summed E-state index contributed by atoms with van der Waals surface area (Å²) in [6, 6.07) is 3.19. The zero-order valence-corrected chi connectivity index (χ0v) is 17.1. The second-order valence-corrected chi connectivity index (χ2v) is 5.81. The van der Waals surface area contributed by atoms with Gasteiger partial charge in [-0.25, -0.2) is 14.4 Å². The number of guanidine groups is 1. The summed E-state index contributed by atoms with van der Waals surface area (Å²) in [4.78, 5) is 14.7. The van der Waals surface area contributed by atoms with Crippen LogP contribution in [0.3, 0.4) is 0 Å². The maximum atomic E-state index is 13.9. The molecule has 26 heavy (non-hydrogen) atoms. The molecule has 2 aromatic rings. The Labute approximate surface area is 168 Å². The van der Waals surface area contributed by atoms with E-state index in [1.165, 1.54) is 6.07 Å². The number of nitrogens with one attached hydrogen (secondary N) is 2. The van der Waals surface area contributed by atoms with Gasteiger partial charge in [0.15, 0.2) is 23.4 Å². The third kappa shape index (κ3) is 5.26. The standard InChI is InChI=1S/C16H22FN7O.HI/c1-3-18-16(20-9-14-21-11(2)25-23-14)22-12-6-8-24(10-12)15-13(17)5-4-7-19-15;/h4-5,7,12H,3,6,8-10H2,1-2H3,(H2,18,20,22);1H. The Morgan fingerprint density at radius 2 is 2.35 bits per heavy atom. The number of rotatable bonds is 5. The van der Waals surface area contributed by atoms with Gasteiger partial charge in [0.25, 0.3) is 0 Å². The summed E-state index contributed by atoms with van der Waals surface area (Å²) in [6.07, 6.45) is 2.49. The van der Waals surface area contributed by atoms with Crippen LogP contribution in [0.15, 0.2) is 27.8 Å². The first-order valence-corrected chi connectivity index (χ1v) is 8.35. The maximum Gasteiger partial charge on any atom is 0.223 e. The van der Waals surface area contributed by atoms with Crippen molar-refractivity contribution in [1.82, 2.24) is 25.8 Å². The SMILES string of the molecule is CCNC(=NCc1noc(C)n1)NC1CCN(c2ncccc2F)C1.I. The van der Waals surface area contributed by atoms with Gasteiger partial charge in [0.1, 0.15) is 6.54 Å². The largest absolute Gasteiger partial charge is 0.357 e. The molecule has 1 aliphatic rings. The van der Waals surface area contributed by atoms with Crippen LogP contribution in [-0.2, 0) is 6.54 Å². The molecule has 1 saturated heterocycles. The molecule has 1 atom stereocenters. The van der Waals surface area contributed by atoms with E-state index in [1.54, 1.807) is 19.2 Å². The van der Waals surface area contributed by atoms with Gasteiger partial charge in [-0.1, -0.05) is 5.16 Å². The summed E-state index contributed by atoms with van der Waals surface area (Å²) in [5.41, 5.74) is 0. The van der Waals surface area contributed by atoms with Gasteiger partial charge < -0.3 is 20.1 Å². The second-order valence-electron chi connectivity index (χ2n) is 5.81. The first-order valence-electron chi connectivity index (χ1n) is 8.35. The molecule has 2 N–H and O–H groups in total. The van der Waals surface area contributed by atoms with E-state index in [4.69, 9.17) is 4.52 Å². The number of anilines is 1. The fraction of sp³-hybridized carbons (Fsp3) is 0.500. The molecule has 8 nitrogen and oxygen atoms in total. The molecule has 1 fully saturated rings. The predicted molar refractivity (Wildman–Crippen MR) is 107 cm³/mol. The Balaban J connectivity index is 0.00000243. The Hall–Kier alpha value is -1.98. The topological polar surface area (TPSA) is 91.5 Å². The predicted octanol–water partition coefficient (Wildman–Crippen LogP) is 1.86. The van der Waals surface area contributed by atoms with Crippen molar-refractivity contribution in [2.24, 2.45) is 4.99 Å². The highest BCUT2D eigenvalue weighted by atomic mass is 127. The van der Waals surface area contributed by atoms with Crippen molar-refractivity contribution in [3.05, 3.63) is 35.9 Å². The highest BCUT2D eigenvalue weighted by molar-refractivity contribution is 14.0. The van der Waals surface area contributed by atoms with Crippen LogP contribution in [0, 0.1) is 12.7 Å². The molecule has 10 heteroatoms. The molecule has 1 unspecified atom stereocenters. The van der Waals surface area contributed by atoms with E-state index in [1.807, 2.05) is 11.8 Å². The quantitative estimate of drug-likeness (QED) is 0.388. The monoisotopic (exact) mass is 475 g/mol. The molecule has 0 saturated carbocycles. The molecule has 0 amide bonds. The van der Waals surface area contributed by atoms with Crippen molar-refractivity contribution in [1.29, 1.82) is 0 Å². The minimum absolute atomic E-state index is 0. The van der Waals surface area contributed by atoms with E-state index in [2.05, 4.69) is 30.8 Å². The highest BCUT2D eigenvalue weighted by Crippen LogP contribution is 2.20. The van der Waals surface area contributed by atoms with Gasteiger partial charge in [0.05, 0.1) is 0 Å². The van der Waals surface area contributed by atoms with E-state index in [9.17, 15) is 4.39 Å². The van der Waals surface area contributed by atoms with E-state index in [0.717, 1.165) is 19.5 Å². The van der Waals surface area contributed by atoms with Gasteiger partial charge in [0.2, 0.25) is 5.89 Å². The van der Waals surface area contributed by atoms with Crippen LogP contribution in [0.4, 0.5) is 10.2 Å². The number of halogens is 2. The first kappa shape index (κ1) is 20.3. The van der Waals surface area contributed by atoms with Crippen LogP contribution >= 0.6 is 24.0 Å². The van der Waals surface area contributed by atoms with Gasteiger partial charge >= 0.3 is 0 Å². The molecule has 0 radical (unpaired) electrons. The Morgan fingerprint density at radius 3 is 3.04 bits per heavy atom. The highest BCUT2D eigenvalue weighted by Gasteiger charge is 2.25. The minimum atomic E-state index is -0.295. The van der Waals surface area contributed by atoms with Gasteiger partial charge in [-0.15, -0.1) is 24.0 Å². The number of aromatic nitrogens is 3. The Kier molecular flexibility index (Phi) is 7.54. The van der Waals surface area contributed by atoms with Crippen molar-refractivity contribution in [2.75, 3.05) is 24.5 Å². The molecule has 2 aromatic heterocycles. The summed E-state index contributed by atoms with van der Waals surface area (Å²) in [6.45, 7) is 6.22. The maximum absolute atomic E-state index is 13.9. The summed E-state index contributed by atoms with van der Waals surface area (Å²) >= 11 is 0. The molecule has 1 aliphatic heterocycles. The lowest BCUT2D eigenvalue weighted by Crippen LogP contribution is -2.44. The molecule has 0 aromatic carbocycles. The van der Waals surface area contributed by atoms with Crippen LogP contribution in [0.2, 0.25) is 0 Å². The summed E-state index contributed by atoms with van der Waals surface area (Å²) in [5.74, 6) is 1.84. The lowest BCUT2D eigenvalue weighted by molar-refractivity contribution is 0.387. The smallest absolute Gasteiger partial charge is 0.223 e. The molecule has 0 aliphatic carbocycles. The molecule has 0 bridgehead atoms. The molecule has 3 rings (SSSR count). The first-order chi connectivity index (χ1) is 12.2. The third-order valence-electron chi connectivity index (χ3n) is 3.86. The van der Waals surface area contributed by atoms with Crippen molar-refractivity contribution < 1.29 is 8.91 Å². The van der Waals surface area contributed by atoms with Gasteiger partial charge in [-0.05, 0) is 25.5 Å². The van der Waals surface area contributed by atoms with E-state index < -0.39 is 0 Å². The van der Waals surface area contributed by atoms with Crippen LogP contribution in [0.25, 0.3) is 0 Å². The average molecular weight is 475 g/mol. The van der Waals surface area contributed by atoms with Gasteiger partial charge in [-0.3, -0.25) is 0 Å². The number of hydrogen-bond donors (Lipinski definition) is 2. The van der Waals surface area contributed by atoms with Crippen molar-refractivity contribution in [3.8, 4) is 0 Å².